The molecule has 2 N–H and O–H groups in total. The van der Waals surface area contributed by atoms with E-state index in [0.717, 1.165) is 0 Å². The highest BCUT2D eigenvalue weighted by Crippen LogP contribution is 2.22. The summed E-state index contributed by atoms with van der Waals surface area (Å²) in [6.07, 6.45) is 0.293. The molecule has 98 valence electrons. The summed E-state index contributed by atoms with van der Waals surface area (Å²) in [7, 11) is 0. The third-order valence-electron chi connectivity index (χ3n) is 3.08. The molecule has 0 bridgehead atoms. The second-order valence-corrected chi connectivity index (χ2v) is 4.43. The van der Waals surface area contributed by atoms with Gasteiger partial charge in [0.15, 0.2) is 0 Å². The second-order valence-electron chi connectivity index (χ2n) is 4.43. The van der Waals surface area contributed by atoms with Crippen molar-refractivity contribution in [3.63, 3.8) is 0 Å². The molecule has 0 spiro atoms. The van der Waals surface area contributed by atoms with Crippen molar-refractivity contribution < 1.29 is 18.0 Å². The molecule has 1 unspecified atom stereocenters. The zero-order valence-corrected chi connectivity index (χ0v) is 9.63. The van der Waals surface area contributed by atoms with E-state index in [9.17, 15) is 18.0 Å². The molecule has 1 aliphatic heterocycles. The Balaban J connectivity index is 2.17. The maximum absolute atomic E-state index is 13.4. The van der Waals surface area contributed by atoms with Crippen molar-refractivity contribution >= 4 is 5.91 Å². The number of carbonyl (C=O) groups excluding carboxylic acids is 1. The highest BCUT2D eigenvalue weighted by atomic mass is 19.1. The maximum Gasteiger partial charge on any atom is 0.223 e. The average molecular weight is 258 g/mol. The van der Waals surface area contributed by atoms with Crippen molar-refractivity contribution in [2.45, 2.75) is 13.0 Å². The molecule has 1 fully saturated rings. The molecule has 0 aromatic heterocycles. The Morgan fingerprint density at radius 2 is 1.89 bits per heavy atom. The van der Waals surface area contributed by atoms with Gasteiger partial charge in [0.25, 0.3) is 0 Å². The number of benzene rings is 1. The van der Waals surface area contributed by atoms with E-state index >= 15 is 0 Å². The van der Waals surface area contributed by atoms with E-state index in [1.54, 1.807) is 0 Å². The second kappa shape index (κ2) is 4.97. The normalized spacial score (nSPS) is 19.7. The van der Waals surface area contributed by atoms with E-state index in [4.69, 9.17) is 5.73 Å². The molecular weight excluding hydrogens is 245 g/mol. The van der Waals surface area contributed by atoms with Crippen molar-refractivity contribution in [3.8, 4) is 0 Å². The number of hydrogen-bond donors (Lipinski definition) is 1. The van der Waals surface area contributed by atoms with Crippen LogP contribution in [0, 0.1) is 23.4 Å². The van der Waals surface area contributed by atoms with Crippen molar-refractivity contribution in [2.75, 3.05) is 13.1 Å². The molecule has 2 rings (SSSR count). The van der Waals surface area contributed by atoms with Crippen molar-refractivity contribution in [1.82, 2.24) is 4.90 Å². The quantitative estimate of drug-likeness (QED) is 0.891. The maximum atomic E-state index is 13.4. The van der Waals surface area contributed by atoms with Crippen molar-refractivity contribution in [2.24, 2.45) is 11.7 Å². The lowest BCUT2D eigenvalue weighted by Crippen LogP contribution is -2.26. The van der Waals surface area contributed by atoms with E-state index in [0.29, 0.717) is 31.6 Å². The summed E-state index contributed by atoms with van der Waals surface area (Å²) in [5.41, 5.74) is 5.17. The largest absolute Gasteiger partial charge is 0.338 e. The number of carbonyl (C=O) groups is 1. The first kappa shape index (κ1) is 12.9. The number of amides is 1. The topological polar surface area (TPSA) is 46.3 Å². The Morgan fingerprint density at radius 3 is 2.39 bits per heavy atom. The standard InChI is InChI=1S/C12H13F3N2O/c13-8-2-10(14)9(11(15)3-8)6-17-5-7(4-16)1-12(17)18/h2-3,7H,1,4-6,16H2. The van der Waals surface area contributed by atoms with Crippen LogP contribution >= 0.6 is 0 Å². The van der Waals surface area contributed by atoms with Gasteiger partial charge >= 0.3 is 0 Å². The molecule has 0 aliphatic carbocycles. The summed E-state index contributed by atoms with van der Waals surface area (Å²) in [6, 6.07) is 1.22. The van der Waals surface area contributed by atoms with Gasteiger partial charge < -0.3 is 10.6 Å². The third kappa shape index (κ3) is 2.48. The van der Waals surface area contributed by atoms with E-state index in [1.807, 2.05) is 0 Å². The summed E-state index contributed by atoms with van der Waals surface area (Å²) in [5, 5.41) is 0. The van der Waals surface area contributed by atoms with Crippen LogP contribution in [0.3, 0.4) is 0 Å². The van der Waals surface area contributed by atoms with Crippen LogP contribution in [0.5, 0.6) is 0 Å². The van der Waals surface area contributed by atoms with Gasteiger partial charge in [-0.1, -0.05) is 0 Å². The van der Waals surface area contributed by atoms with Gasteiger partial charge in [0.1, 0.15) is 17.5 Å². The van der Waals surface area contributed by atoms with Crippen LogP contribution in [-0.4, -0.2) is 23.9 Å². The summed E-state index contributed by atoms with van der Waals surface area (Å²) in [6.45, 7) is 0.551. The number of nitrogens with zero attached hydrogens (tertiary/aromatic N) is 1. The summed E-state index contributed by atoms with van der Waals surface area (Å²) in [4.78, 5) is 12.9. The average Bonchev–Trinajstić information content (AvgIpc) is 2.64. The molecular formula is C12H13F3N2O. The molecule has 0 saturated carbocycles. The molecule has 0 radical (unpaired) electrons. The first-order valence-corrected chi connectivity index (χ1v) is 5.62. The van der Waals surface area contributed by atoms with E-state index in [1.165, 1.54) is 4.90 Å². The van der Waals surface area contributed by atoms with E-state index in [-0.39, 0.29) is 23.9 Å². The molecule has 18 heavy (non-hydrogen) atoms. The zero-order valence-electron chi connectivity index (χ0n) is 9.63. The SMILES string of the molecule is NCC1CC(=O)N(Cc2c(F)cc(F)cc2F)C1. The van der Waals surface area contributed by atoms with Gasteiger partial charge in [-0.3, -0.25) is 4.79 Å². The van der Waals surface area contributed by atoms with Gasteiger partial charge in [0.05, 0.1) is 6.54 Å². The van der Waals surface area contributed by atoms with Crippen molar-refractivity contribution in [3.05, 3.63) is 35.1 Å². The summed E-state index contributed by atoms with van der Waals surface area (Å²) in [5.74, 6) is -3.09. The van der Waals surface area contributed by atoms with Gasteiger partial charge in [-0.25, -0.2) is 13.2 Å². The third-order valence-corrected chi connectivity index (χ3v) is 3.08. The van der Waals surface area contributed by atoms with Gasteiger partial charge in [-0.15, -0.1) is 0 Å². The first-order chi connectivity index (χ1) is 8.51. The van der Waals surface area contributed by atoms with E-state index < -0.39 is 17.5 Å². The molecule has 1 atom stereocenters. The number of halogens is 3. The van der Waals surface area contributed by atoms with Gasteiger partial charge in [0, 0.05) is 30.7 Å². The van der Waals surface area contributed by atoms with Gasteiger partial charge in [0.2, 0.25) is 5.91 Å². The van der Waals surface area contributed by atoms with Gasteiger partial charge in [-0.2, -0.15) is 0 Å². The lowest BCUT2D eigenvalue weighted by molar-refractivity contribution is -0.128. The minimum absolute atomic E-state index is 0.0177. The highest BCUT2D eigenvalue weighted by molar-refractivity contribution is 5.78. The molecule has 6 heteroatoms. The van der Waals surface area contributed by atoms with Crippen LogP contribution in [0.4, 0.5) is 13.2 Å². The number of nitrogens with two attached hydrogens (primary N) is 1. The smallest absolute Gasteiger partial charge is 0.223 e. The summed E-state index contributed by atoms with van der Waals surface area (Å²) < 4.78 is 39.6. The predicted octanol–water partition coefficient (Wildman–Crippen LogP) is 1.41. The number of hydrogen-bond acceptors (Lipinski definition) is 2. The Labute approximate surface area is 102 Å². The molecule has 1 aliphatic rings. The van der Waals surface area contributed by atoms with E-state index in [2.05, 4.69) is 0 Å². The predicted molar refractivity (Wildman–Crippen MR) is 58.9 cm³/mol. The minimum Gasteiger partial charge on any atom is -0.338 e. The van der Waals surface area contributed by atoms with Crippen LogP contribution in [0.1, 0.15) is 12.0 Å². The Morgan fingerprint density at radius 1 is 1.28 bits per heavy atom. The lowest BCUT2D eigenvalue weighted by atomic mass is 10.1. The highest BCUT2D eigenvalue weighted by Gasteiger charge is 2.29. The molecule has 3 nitrogen and oxygen atoms in total. The molecule has 1 saturated heterocycles. The number of likely N-dealkylation sites (tertiary alicyclic amines) is 1. The van der Waals surface area contributed by atoms with Crippen LogP contribution in [0.15, 0.2) is 12.1 Å². The van der Waals surface area contributed by atoms with Crippen LogP contribution in [0.2, 0.25) is 0 Å². The fourth-order valence-electron chi connectivity index (χ4n) is 2.08. The number of rotatable bonds is 3. The van der Waals surface area contributed by atoms with Crippen molar-refractivity contribution in [1.29, 1.82) is 0 Å². The van der Waals surface area contributed by atoms with Crippen LogP contribution in [-0.2, 0) is 11.3 Å². The first-order valence-electron chi connectivity index (χ1n) is 5.62. The Hall–Kier alpha value is -1.56. The minimum atomic E-state index is -0.975. The van der Waals surface area contributed by atoms with Crippen LogP contribution < -0.4 is 5.73 Å². The molecule has 1 heterocycles. The lowest BCUT2D eigenvalue weighted by Gasteiger charge is -2.17. The Bertz CT molecular complexity index is 455. The zero-order chi connectivity index (χ0) is 13.3. The molecule has 1 amide bonds. The summed E-state index contributed by atoms with van der Waals surface area (Å²) >= 11 is 0. The molecule has 1 aromatic rings. The fourth-order valence-corrected chi connectivity index (χ4v) is 2.08. The van der Waals surface area contributed by atoms with Crippen LogP contribution in [0.25, 0.3) is 0 Å². The van der Waals surface area contributed by atoms with Gasteiger partial charge in [-0.05, 0) is 12.5 Å². The monoisotopic (exact) mass is 258 g/mol. The Kier molecular flexibility index (Phi) is 3.56. The fraction of sp³-hybridized carbons (Fsp3) is 0.417. The molecule has 1 aromatic carbocycles.